The summed E-state index contributed by atoms with van der Waals surface area (Å²) in [6.45, 7) is 7.77. The van der Waals surface area contributed by atoms with E-state index in [1.54, 1.807) is 11.4 Å². The Morgan fingerprint density at radius 2 is 2.22 bits per heavy atom. The molecule has 0 atom stereocenters. The Morgan fingerprint density at radius 1 is 1.56 bits per heavy atom. The molecule has 5 nitrogen and oxygen atoms in total. The van der Waals surface area contributed by atoms with Gasteiger partial charge in [-0.05, 0) is 50.3 Å². The number of imidazole rings is 1. The highest BCUT2D eigenvalue weighted by Gasteiger charge is 2.35. The molecule has 18 heavy (non-hydrogen) atoms. The van der Waals surface area contributed by atoms with Crippen molar-refractivity contribution in [1.82, 2.24) is 14.6 Å². The maximum Gasteiger partial charge on any atom is 0.318 e. The molecule has 0 saturated carbocycles. The van der Waals surface area contributed by atoms with Crippen LogP contribution in [0.3, 0.4) is 0 Å². The molecule has 0 unspecified atom stereocenters. The van der Waals surface area contributed by atoms with Gasteiger partial charge in [0.1, 0.15) is 14.1 Å². The highest BCUT2D eigenvalue weighted by Crippen LogP contribution is 2.30. The quantitative estimate of drug-likeness (QED) is 0.608. The average molecular weight is 379 g/mol. The highest BCUT2D eigenvalue weighted by atomic mass is 127. The molecule has 0 radical (unpaired) electrons. The number of hydrogen-bond donors (Lipinski definition) is 0. The zero-order chi connectivity index (χ0) is 13.5. The summed E-state index contributed by atoms with van der Waals surface area (Å²) in [6.07, 6.45) is 0. The van der Waals surface area contributed by atoms with Gasteiger partial charge in [-0.1, -0.05) is 11.3 Å². The number of carbonyl (C=O) groups is 1. The minimum absolute atomic E-state index is 0.256. The number of fused-ring (bicyclic) bond motifs is 1. The van der Waals surface area contributed by atoms with E-state index in [0.29, 0.717) is 6.61 Å². The van der Waals surface area contributed by atoms with Crippen LogP contribution in [0.4, 0.5) is 0 Å². The van der Waals surface area contributed by atoms with Crippen LogP contribution in [-0.4, -0.2) is 27.2 Å². The first-order valence-electron chi connectivity index (χ1n) is 5.57. The topological polar surface area (TPSA) is 56.5 Å². The third kappa shape index (κ3) is 2.13. The van der Waals surface area contributed by atoms with Crippen LogP contribution in [0, 0.1) is 10.6 Å². The summed E-state index contributed by atoms with van der Waals surface area (Å²) < 4.78 is 7.84. The van der Waals surface area contributed by atoms with Gasteiger partial charge in [0.05, 0.1) is 12.3 Å². The fraction of sp³-hybridized carbons (Fsp3) is 0.545. The molecule has 0 saturated heterocycles. The van der Waals surface area contributed by atoms with Crippen LogP contribution in [0.5, 0.6) is 0 Å². The predicted octanol–water partition coefficient (Wildman–Crippen LogP) is 2.54. The van der Waals surface area contributed by atoms with Gasteiger partial charge in [-0.3, -0.25) is 4.79 Å². The smallest absolute Gasteiger partial charge is 0.318 e. The molecule has 2 aromatic rings. The second-order valence-electron chi connectivity index (χ2n) is 4.44. The Bertz CT molecular complexity index is 603. The molecule has 98 valence electrons. The Morgan fingerprint density at radius 3 is 2.78 bits per heavy atom. The fourth-order valence-corrected chi connectivity index (χ4v) is 3.13. The van der Waals surface area contributed by atoms with Crippen molar-refractivity contribution < 1.29 is 9.53 Å². The average Bonchev–Trinajstić information content (AvgIpc) is 2.81. The maximum atomic E-state index is 11.9. The van der Waals surface area contributed by atoms with Crippen molar-refractivity contribution in [3.8, 4) is 0 Å². The molecule has 0 aliphatic carbocycles. The number of aromatic nitrogens is 3. The molecule has 2 aromatic heterocycles. The Kier molecular flexibility index (Phi) is 3.63. The Labute approximate surface area is 123 Å². The molecular formula is C11H14IN3O2S. The van der Waals surface area contributed by atoms with E-state index in [0.717, 1.165) is 19.4 Å². The van der Waals surface area contributed by atoms with E-state index < -0.39 is 5.41 Å². The standard InChI is InChI=1S/C11H14IN3O2S/c1-5-17-9(16)11(3,4)8-14-15-7(12)6(2)13-10(15)18-8/h5H2,1-4H3. The molecule has 7 heteroatoms. The molecule has 0 aromatic carbocycles. The number of carbonyl (C=O) groups excluding carboxylic acids is 1. The normalized spacial score (nSPS) is 12.1. The summed E-state index contributed by atoms with van der Waals surface area (Å²) in [5, 5.41) is 5.20. The summed E-state index contributed by atoms with van der Waals surface area (Å²) in [6, 6.07) is 0. The summed E-state index contributed by atoms with van der Waals surface area (Å²) >= 11 is 3.63. The van der Waals surface area contributed by atoms with Crippen LogP contribution >= 0.6 is 33.9 Å². The first-order valence-corrected chi connectivity index (χ1v) is 7.46. The molecule has 2 rings (SSSR count). The monoisotopic (exact) mass is 379 g/mol. The molecule has 0 fully saturated rings. The van der Waals surface area contributed by atoms with E-state index in [1.165, 1.54) is 11.3 Å². The first-order chi connectivity index (χ1) is 8.37. The third-order valence-electron chi connectivity index (χ3n) is 2.63. The molecule has 0 amide bonds. The van der Waals surface area contributed by atoms with Gasteiger partial charge < -0.3 is 4.74 Å². The van der Waals surface area contributed by atoms with Gasteiger partial charge in [-0.2, -0.15) is 9.61 Å². The lowest BCUT2D eigenvalue weighted by atomic mass is 9.95. The van der Waals surface area contributed by atoms with Gasteiger partial charge in [0.2, 0.25) is 4.96 Å². The zero-order valence-electron chi connectivity index (χ0n) is 10.7. The maximum absolute atomic E-state index is 11.9. The van der Waals surface area contributed by atoms with Gasteiger partial charge in [0.15, 0.2) is 0 Å². The van der Waals surface area contributed by atoms with Crippen molar-refractivity contribution in [2.45, 2.75) is 33.1 Å². The predicted molar refractivity (Wildman–Crippen MR) is 78.0 cm³/mol. The van der Waals surface area contributed by atoms with Crippen LogP contribution in [0.1, 0.15) is 31.5 Å². The third-order valence-corrected chi connectivity index (χ3v) is 5.10. The number of esters is 1. The van der Waals surface area contributed by atoms with E-state index in [9.17, 15) is 4.79 Å². The van der Waals surface area contributed by atoms with Gasteiger partial charge >= 0.3 is 5.97 Å². The molecule has 0 N–H and O–H groups in total. The lowest BCUT2D eigenvalue weighted by molar-refractivity contribution is -0.148. The van der Waals surface area contributed by atoms with Crippen molar-refractivity contribution >= 4 is 44.9 Å². The van der Waals surface area contributed by atoms with Crippen molar-refractivity contribution in [2.75, 3.05) is 6.61 Å². The van der Waals surface area contributed by atoms with Gasteiger partial charge in [-0.15, -0.1) is 0 Å². The van der Waals surface area contributed by atoms with Gasteiger partial charge in [0, 0.05) is 0 Å². The molecule has 2 heterocycles. The van der Waals surface area contributed by atoms with Crippen LogP contribution in [0.2, 0.25) is 0 Å². The number of halogens is 1. The fourth-order valence-electron chi connectivity index (χ4n) is 1.48. The lowest BCUT2D eigenvalue weighted by Gasteiger charge is -2.18. The number of rotatable bonds is 3. The van der Waals surface area contributed by atoms with Crippen LogP contribution < -0.4 is 0 Å². The summed E-state index contributed by atoms with van der Waals surface area (Å²) in [4.78, 5) is 17.1. The Hall–Kier alpha value is -0.700. The SMILES string of the molecule is CCOC(=O)C(C)(C)c1nn2c(I)c(C)nc2s1. The summed E-state index contributed by atoms with van der Waals surface area (Å²) in [5.74, 6) is -0.256. The van der Waals surface area contributed by atoms with E-state index in [4.69, 9.17) is 4.74 Å². The Balaban J connectivity index is 2.44. The molecule has 0 bridgehead atoms. The second-order valence-corrected chi connectivity index (χ2v) is 6.41. The van der Waals surface area contributed by atoms with Gasteiger partial charge in [-0.25, -0.2) is 4.98 Å². The number of hydrogen-bond acceptors (Lipinski definition) is 5. The lowest BCUT2D eigenvalue weighted by Crippen LogP contribution is -2.31. The van der Waals surface area contributed by atoms with Crippen molar-refractivity contribution in [3.63, 3.8) is 0 Å². The number of nitrogens with zero attached hydrogens (tertiary/aromatic N) is 3. The van der Waals surface area contributed by atoms with Gasteiger partial charge in [0.25, 0.3) is 0 Å². The second kappa shape index (κ2) is 4.76. The summed E-state index contributed by atoms with van der Waals surface area (Å²) in [5.41, 5.74) is 0.216. The minimum Gasteiger partial charge on any atom is -0.465 e. The largest absolute Gasteiger partial charge is 0.465 e. The highest BCUT2D eigenvalue weighted by molar-refractivity contribution is 14.1. The molecular weight excluding hydrogens is 365 g/mol. The van der Waals surface area contributed by atoms with Crippen LogP contribution in [0.15, 0.2) is 0 Å². The van der Waals surface area contributed by atoms with E-state index in [2.05, 4.69) is 32.7 Å². The van der Waals surface area contributed by atoms with Crippen LogP contribution in [-0.2, 0) is 14.9 Å². The summed E-state index contributed by atoms with van der Waals surface area (Å²) in [7, 11) is 0. The molecule has 0 aliphatic rings. The number of aryl methyl sites for hydroxylation is 1. The van der Waals surface area contributed by atoms with Crippen molar-refractivity contribution in [1.29, 1.82) is 0 Å². The minimum atomic E-state index is -0.738. The molecule has 0 spiro atoms. The number of ether oxygens (including phenoxy) is 1. The van der Waals surface area contributed by atoms with Crippen molar-refractivity contribution in [3.05, 3.63) is 14.4 Å². The first kappa shape index (κ1) is 13.7. The van der Waals surface area contributed by atoms with E-state index in [1.807, 2.05) is 20.8 Å². The van der Waals surface area contributed by atoms with E-state index in [-0.39, 0.29) is 5.97 Å². The van der Waals surface area contributed by atoms with Crippen molar-refractivity contribution in [2.24, 2.45) is 0 Å². The van der Waals surface area contributed by atoms with E-state index >= 15 is 0 Å². The van der Waals surface area contributed by atoms with Crippen LogP contribution in [0.25, 0.3) is 4.96 Å². The zero-order valence-corrected chi connectivity index (χ0v) is 13.6. The molecule has 0 aliphatic heterocycles.